The molecule has 0 saturated heterocycles. The average Bonchev–Trinajstić information content (AvgIpc) is 3.13. The summed E-state index contributed by atoms with van der Waals surface area (Å²) in [5, 5.41) is 14.1. The molecule has 1 unspecified atom stereocenters. The Bertz CT molecular complexity index is 772. The van der Waals surface area contributed by atoms with Crippen molar-refractivity contribution in [1.82, 2.24) is 14.7 Å². The van der Waals surface area contributed by atoms with Gasteiger partial charge in [0.25, 0.3) is 0 Å². The van der Waals surface area contributed by atoms with Gasteiger partial charge in [-0.2, -0.15) is 5.10 Å². The van der Waals surface area contributed by atoms with Crippen molar-refractivity contribution in [2.75, 3.05) is 20.4 Å². The van der Waals surface area contributed by atoms with Crippen LogP contribution in [0.3, 0.4) is 0 Å². The van der Waals surface area contributed by atoms with Crippen LogP contribution in [0.1, 0.15) is 29.4 Å². The summed E-state index contributed by atoms with van der Waals surface area (Å²) >= 11 is 0. The highest BCUT2D eigenvalue weighted by Gasteiger charge is 2.26. The Kier molecular flexibility index (Phi) is 4.94. The normalized spacial score (nSPS) is 14.1. The van der Waals surface area contributed by atoms with Gasteiger partial charge in [0.2, 0.25) is 6.79 Å². The largest absolute Gasteiger partial charge is 0.480 e. The van der Waals surface area contributed by atoms with E-state index in [1.54, 1.807) is 18.2 Å². The molecule has 0 aliphatic carbocycles. The number of carboxylic acids is 1. The highest BCUT2D eigenvalue weighted by atomic mass is 16.7. The molecular formula is C18H23N3O4. The van der Waals surface area contributed by atoms with Crippen LogP contribution in [0.5, 0.6) is 11.5 Å². The fraction of sp³-hybridized carbons (Fsp3) is 0.444. The van der Waals surface area contributed by atoms with E-state index in [-0.39, 0.29) is 6.79 Å². The maximum atomic E-state index is 11.8. The smallest absolute Gasteiger partial charge is 0.325 e. The van der Waals surface area contributed by atoms with E-state index >= 15 is 0 Å². The molecule has 2 heterocycles. The molecule has 0 bridgehead atoms. The van der Waals surface area contributed by atoms with Crippen molar-refractivity contribution in [3.63, 3.8) is 0 Å². The summed E-state index contributed by atoms with van der Waals surface area (Å²) in [6.07, 6.45) is 0.812. The van der Waals surface area contributed by atoms with E-state index < -0.39 is 12.0 Å². The van der Waals surface area contributed by atoms with Gasteiger partial charge in [0.15, 0.2) is 11.5 Å². The lowest BCUT2D eigenvalue weighted by molar-refractivity contribution is -0.143. The van der Waals surface area contributed by atoms with Gasteiger partial charge in [0.05, 0.1) is 5.69 Å². The second kappa shape index (κ2) is 7.14. The highest BCUT2D eigenvalue weighted by molar-refractivity contribution is 5.76. The van der Waals surface area contributed by atoms with Crippen molar-refractivity contribution >= 4 is 5.97 Å². The lowest BCUT2D eigenvalue weighted by Gasteiger charge is -2.25. The van der Waals surface area contributed by atoms with Gasteiger partial charge in [0.1, 0.15) is 6.04 Å². The molecule has 0 fully saturated rings. The quantitative estimate of drug-likeness (QED) is 0.830. The molecule has 1 atom stereocenters. The summed E-state index contributed by atoms with van der Waals surface area (Å²) < 4.78 is 12.6. The fourth-order valence-electron chi connectivity index (χ4n) is 3.17. The minimum Gasteiger partial charge on any atom is -0.480 e. The van der Waals surface area contributed by atoms with Crippen molar-refractivity contribution in [2.24, 2.45) is 0 Å². The van der Waals surface area contributed by atoms with Crippen LogP contribution in [0.15, 0.2) is 24.3 Å². The summed E-state index contributed by atoms with van der Waals surface area (Å²) in [5.74, 6) is 0.368. The molecule has 25 heavy (non-hydrogen) atoms. The van der Waals surface area contributed by atoms with Crippen LogP contribution in [0.2, 0.25) is 0 Å². The van der Waals surface area contributed by atoms with Crippen molar-refractivity contribution in [2.45, 2.75) is 32.9 Å². The number of likely N-dealkylation sites (N-methyl/N-ethyl adjacent to an activating group) is 1. The molecule has 1 aliphatic rings. The first kappa shape index (κ1) is 17.3. The number of ether oxygens (including phenoxy) is 2. The van der Waals surface area contributed by atoms with Crippen LogP contribution in [-0.4, -0.2) is 46.1 Å². The van der Waals surface area contributed by atoms with Gasteiger partial charge in [-0.05, 0) is 51.1 Å². The summed E-state index contributed by atoms with van der Waals surface area (Å²) in [7, 11) is 1.82. The second-order valence-electron chi connectivity index (χ2n) is 6.34. The third kappa shape index (κ3) is 3.76. The number of hydrogen-bond acceptors (Lipinski definition) is 5. The molecule has 3 rings (SSSR count). The zero-order valence-electron chi connectivity index (χ0n) is 14.7. The van der Waals surface area contributed by atoms with Gasteiger partial charge in [-0.3, -0.25) is 14.4 Å². The molecular weight excluding hydrogens is 322 g/mol. The zero-order valence-corrected chi connectivity index (χ0v) is 14.7. The lowest BCUT2D eigenvalue weighted by atomic mass is 10.0. The number of hydrogen-bond donors (Lipinski definition) is 1. The first-order valence-electron chi connectivity index (χ1n) is 8.29. The number of rotatable bonds is 7. The van der Waals surface area contributed by atoms with E-state index in [1.165, 1.54) is 0 Å². The van der Waals surface area contributed by atoms with Crippen molar-refractivity contribution in [1.29, 1.82) is 0 Å². The van der Waals surface area contributed by atoms with E-state index in [4.69, 9.17) is 9.47 Å². The van der Waals surface area contributed by atoms with Crippen molar-refractivity contribution in [3.8, 4) is 11.5 Å². The van der Waals surface area contributed by atoms with E-state index in [2.05, 4.69) is 5.10 Å². The molecule has 1 aromatic heterocycles. The van der Waals surface area contributed by atoms with Gasteiger partial charge < -0.3 is 14.6 Å². The van der Waals surface area contributed by atoms with E-state index in [1.807, 2.05) is 36.5 Å². The molecule has 0 spiro atoms. The van der Waals surface area contributed by atoms with Crippen LogP contribution in [0.4, 0.5) is 0 Å². The molecule has 7 heteroatoms. The Hall–Kier alpha value is -2.54. The van der Waals surface area contributed by atoms with Gasteiger partial charge in [-0.15, -0.1) is 0 Å². The molecule has 1 N–H and O–H groups in total. The predicted octanol–water partition coefficient (Wildman–Crippen LogP) is 2.38. The Labute approximate surface area is 146 Å². The number of aromatic nitrogens is 2. The number of aryl methyl sites for hydroxylation is 3. The fourth-order valence-corrected chi connectivity index (χ4v) is 3.17. The molecule has 1 aromatic carbocycles. The van der Waals surface area contributed by atoms with Crippen molar-refractivity contribution < 1.29 is 19.4 Å². The summed E-state index contributed by atoms with van der Waals surface area (Å²) in [6, 6.07) is 6.60. The minimum absolute atomic E-state index is 0.176. The van der Waals surface area contributed by atoms with Gasteiger partial charge in [-0.1, -0.05) is 6.07 Å². The maximum absolute atomic E-state index is 11.8. The highest BCUT2D eigenvalue weighted by Crippen LogP contribution is 2.35. The van der Waals surface area contributed by atoms with E-state index in [0.717, 1.165) is 24.4 Å². The number of aliphatic carboxylic acids is 1. The van der Waals surface area contributed by atoms with E-state index in [9.17, 15) is 9.90 Å². The number of nitrogens with zero attached hydrogens (tertiary/aromatic N) is 3. The van der Waals surface area contributed by atoms with Crippen molar-refractivity contribution in [3.05, 3.63) is 41.2 Å². The number of carbonyl (C=O) groups is 1. The third-order valence-electron chi connectivity index (χ3n) is 4.37. The molecule has 7 nitrogen and oxygen atoms in total. The van der Waals surface area contributed by atoms with Crippen LogP contribution in [0.25, 0.3) is 0 Å². The molecule has 1 aliphatic heterocycles. The van der Waals surface area contributed by atoms with Crippen LogP contribution in [0, 0.1) is 13.8 Å². The maximum Gasteiger partial charge on any atom is 0.325 e. The Balaban J connectivity index is 1.66. The van der Waals surface area contributed by atoms with Gasteiger partial charge in [0, 0.05) is 18.8 Å². The van der Waals surface area contributed by atoms with E-state index in [0.29, 0.717) is 23.6 Å². The Morgan fingerprint density at radius 2 is 2.08 bits per heavy atom. The lowest BCUT2D eigenvalue weighted by Crippen LogP contribution is -2.32. The van der Waals surface area contributed by atoms with Crippen LogP contribution in [-0.2, 0) is 11.3 Å². The summed E-state index contributed by atoms with van der Waals surface area (Å²) in [4.78, 5) is 13.6. The standard InChI is InChI=1S/C18H23N3O4/c1-12-9-13(2)21(19-12)8-4-7-20(3)17(18(22)23)14-5-6-15-16(10-14)25-11-24-15/h5-6,9-10,17H,4,7-8,11H2,1-3H3,(H,22,23). The molecule has 134 valence electrons. The molecule has 0 amide bonds. The molecule has 0 radical (unpaired) electrons. The Morgan fingerprint density at radius 3 is 2.76 bits per heavy atom. The first-order valence-corrected chi connectivity index (χ1v) is 8.29. The second-order valence-corrected chi connectivity index (χ2v) is 6.34. The Morgan fingerprint density at radius 1 is 1.32 bits per heavy atom. The predicted molar refractivity (Wildman–Crippen MR) is 91.9 cm³/mol. The average molecular weight is 345 g/mol. The topological polar surface area (TPSA) is 76.8 Å². The molecule has 2 aromatic rings. The van der Waals surface area contributed by atoms with Crippen LogP contribution >= 0.6 is 0 Å². The first-order chi connectivity index (χ1) is 12.0. The number of carboxylic acid groups (broad SMARTS) is 1. The molecule has 0 saturated carbocycles. The zero-order chi connectivity index (χ0) is 18.0. The summed E-state index contributed by atoms with van der Waals surface area (Å²) in [5.41, 5.74) is 2.80. The van der Waals surface area contributed by atoms with Gasteiger partial charge >= 0.3 is 5.97 Å². The third-order valence-corrected chi connectivity index (χ3v) is 4.37. The summed E-state index contributed by atoms with van der Waals surface area (Å²) in [6.45, 7) is 5.57. The van der Waals surface area contributed by atoms with Gasteiger partial charge in [-0.25, -0.2) is 0 Å². The number of benzene rings is 1. The number of fused-ring (bicyclic) bond motifs is 1. The SMILES string of the molecule is Cc1cc(C)n(CCCN(C)C(C(=O)O)c2ccc3c(c2)OCO3)n1. The minimum atomic E-state index is -0.882. The monoisotopic (exact) mass is 345 g/mol. The van der Waals surface area contributed by atoms with Crippen LogP contribution < -0.4 is 9.47 Å².